The molecule has 0 aromatic carbocycles. The molecule has 0 aliphatic heterocycles. The third kappa shape index (κ3) is 11.7. The molecular weight excluding hydrogens is 168 g/mol. The number of allylic oxidation sites excluding steroid dienone is 1. The number of hydrogen-bond acceptors (Lipinski definition) is 0. The molecule has 84 valence electrons. The van der Waals surface area contributed by atoms with Gasteiger partial charge in [0.2, 0.25) is 0 Å². The first-order chi connectivity index (χ1) is 6.56. The van der Waals surface area contributed by atoms with Crippen LogP contribution in [0.1, 0.15) is 72.1 Å². The summed E-state index contributed by atoms with van der Waals surface area (Å²) >= 11 is 0. The molecule has 0 spiro atoms. The first-order valence-corrected chi connectivity index (χ1v) is 6.17. The lowest BCUT2D eigenvalue weighted by Crippen LogP contribution is -2.03. The van der Waals surface area contributed by atoms with E-state index in [1.54, 1.807) is 0 Å². The fourth-order valence-electron chi connectivity index (χ4n) is 1.65. The molecule has 0 nitrogen and oxygen atoms in total. The molecule has 0 saturated heterocycles. The van der Waals surface area contributed by atoms with Gasteiger partial charge in [0.15, 0.2) is 0 Å². The number of rotatable bonds is 8. The van der Waals surface area contributed by atoms with Gasteiger partial charge in [0.1, 0.15) is 0 Å². The minimum atomic E-state index is 0.531. The largest absolute Gasteiger partial charge is 0.103 e. The third-order valence-electron chi connectivity index (χ3n) is 2.59. The summed E-state index contributed by atoms with van der Waals surface area (Å²) in [5.41, 5.74) is 0.531. The average Bonchev–Trinajstić information content (AvgIpc) is 2.08. The molecule has 0 saturated carbocycles. The summed E-state index contributed by atoms with van der Waals surface area (Å²) in [6, 6.07) is 0. The molecule has 0 radical (unpaired) electrons. The van der Waals surface area contributed by atoms with Crippen LogP contribution < -0.4 is 0 Å². The van der Waals surface area contributed by atoms with Crippen LogP contribution in [0.5, 0.6) is 0 Å². The lowest BCUT2D eigenvalue weighted by Gasteiger charge is -2.17. The van der Waals surface area contributed by atoms with Crippen LogP contribution in [0.25, 0.3) is 0 Å². The van der Waals surface area contributed by atoms with Crippen molar-refractivity contribution in [3.63, 3.8) is 0 Å². The van der Waals surface area contributed by atoms with Gasteiger partial charge in [-0.05, 0) is 24.7 Å². The molecule has 0 aromatic rings. The Kier molecular flexibility index (Phi) is 7.93. The Hall–Kier alpha value is -0.260. The number of hydrogen-bond donors (Lipinski definition) is 0. The van der Waals surface area contributed by atoms with Gasteiger partial charge in [-0.25, -0.2) is 0 Å². The summed E-state index contributed by atoms with van der Waals surface area (Å²) in [5, 5.41) is 0. The van der Waals surface area contributed by atoms with Gasteiger partial charge in [-0.1, -0.05) is 59.0 Å². The van der Waals surface area contributed by atoms with Gasteiger partial charge in [0.05, 0.1) is 0 Å². The van der Waals surface area contributed by atoms with E-state index in [9.17, 15) is 0 Å². The van der Waals surface area contributed by atoms with Crippen molar-refractivity contribution in [3.8, 4) is 0 Å². The Bertz CT molecular complexity index is 127. The molecule has 0 heteroatoms. The second kappa shape index (κ2) is 8.08. The number of unbranched alkanes of at least 4 members (excludes halogenated alkanes) is 6. The molecule has 0 fully saturated rings. The third-order valence-corrected chi connectivity index (χ3v) is 2.59. The zero-order chi connectivity index (χ0) is 10.9. The van der Waals surface area contributed by atoms with E-state index in [0.29, 0.717) is 5.41 Å². The molecule has 0 atom stereocenters. The Morgan fingerprint density at radius 2 is 1.36 bits per heavy atom. The quantitative estimate of drug-likeness (QED) is 0.363. The Morgan fingerprint density at radius 1 is 0.857 bits per heavy atom. The van der Waals surface area contributed by atoms with Crippen molar-refractivity contribution in [1.82, 2.24) is 0 Å². The molecular formula is C14H28. The molecule has 0 bridgehead atoms. The Labute approximate surface area is 90.8 Å². The molecule has 0 amide bonds. The predicted molar refractivity (Wildman–Crippen MR) is 66.6 cm³/mol. The normalized spacial score (nSPS) is 11.6. The van der Waals surface area contributed by atoms with Gasteiger partial charge in [-0.3, -0.25) is 0 Å². The Morgan fingerprint density at radius 3 is 1.86 bits per heavy atom. The van der Waals surface area contributed by atoms with Gasteiger partial charge in [0.25, 0.3) is 0 Å². The second-order valence-corrected chi connectivity index (χ2v) is 5.51. The topological polar surface area (TPSA) is 0 Å². The maximum absolute atomic E-state index is 3.73. The van der Waals surface area contributed by atoms with E-state index in [1.807, 2.05) is 6.08 Å². The Balaban J connectivity index is 3.03. The zero-order valence-corrected chi connectivity index (χ0v) is 10.4. The van der Waals surface area contributed by atoms with Crippen molar-refractivity contribution in [2.75, 3.05) is 0 Å². The van der Waals surface area contributed by atoms with Gasteiger partial charge in [-0.15, -0.1) is 6.58 Å². The van der Waals surface area contributed by atoms with Gasteiger partial charge in [0, 0.05) is 0 Å². The molecule has 0 rings (SSSR count). The highest BCUT2D eigenvalue weighted by atomic mass is 14.1. The van der Waals surface area contributed by atoms with Crippen molar-refractivity contribution in [3.05, 3.63) is 12.7 Å². The standard InChI is InChI=1S/C14H28/c1-5-6-7-8-9-10-11-12-13-14(2,3)4/h5H,1,6-13H2,2-4H3. The maximum Gasteiger partial charge on any atom is -0.0353 e. The van der Waals surface area contributed by atoms with Crippen LogP contribution in [0.15, 0.2) is 12.7 Å². The van der Waals surface area contributed by atoms with Crippen LogP contribution in [0.3, 0.4) is 0 Å². The summed E-state index contributed by atoms with van der Waals surface area (Å²) in [7, 11) is 0. The molecule has 0 heterocycles. The van der Waals surface area contributed by atoms with E-state index in [1.165, 1.54) is 51.4 Å². The summed E-state index contributed by atoms with van der Waals surface area (Å²) in [6.07, 6.45) is 13.0. The zero-order valence-electron chi connectivity index (χ0n) is 10.4. The fourth-order valence-corrected chi connectivity index (χ4v) is 1.65. The summed E-state index contributed by atoms with van der Waals surface area (Å²) < 4.78 is 0. The van der Waals surface area contributed by atoms with Gasteiger partial charge in [-0.2, -0.15) is 0 Å². The van der Waals surface area contributed by atoms with E-state index in [0.717, 1.165) is 0 Å². The maximum atomic E-state index is 3.73. The van der Waals surface area contributed by atoms with Gasteiger partial charge < -0.3 is 0 Å². The molecule has 14 heavy (non-hydrogen) atoms. The van der Waals surface area contributed by atoms with Crippen LogP contribution in [0, 0.1) is 5.41 Å². The van der Waals surface area contributed by atoms with Crippen molar-refractivity contribution in [2.45, 2.75) is 72.1 Å². The van der Waals surface area contributed by atoms with Crippen molar-refractivity contribution in [1.29, 1.82) is 0 Å². The molecule has 0 N–H and O–H groups in total. The molecule has 0 aliphatic rings. The monoisotopic (exact) mass is 196 g/mol. The van der Waals surface area contributed by atoms with Crippen LogP contribution in [0.4, 0.5) is 0 Å². The first-order valence-electron chi connectivity index (χ1n) is 6.17. The molecule has 0 aromatic heterocycles. The van der Waals surface area contributed by atoms with E-state index in [2.05, 4.69) is 27.4 Å². The van der Waals surface area contributed by atoms with Crippen LogP contribution in [0.2, 0.25) is 0 Å². The van der Waals surface area contributed by atoms with Crippen LogP contribution >= 0.6 is 0 Å². The molecule has 0 aliphatic carbocycles. The lowest BCUT2D eigenvalue weighted by molar-refractivity contribution is 0.356. The summed E-state index contributed by atoms with van der Waals surface area (Å²) in [5.74, 6) is 0. The average molecular weight is 196 g/mol. The lowest BCUT2D eigenvalue weighted by atomic mass is 9.89. The van der Waals surface area contributed by atoms with E-state index in [-0.39, 0.29) is 0 Å². The van der Waals surface area contributed by atoms with E-state index < -0.39 is 0 Å². The van der Waals surface area contributed by atoms with Crippen LogP contribution in [-0.4, -0.2) is 0 Å². The highest BCUT2D eigenvalue weighted by Crippen LogP contribution is 2.22. The molecule has 0 unspecified atom stereocenters. The SMILES string of the molecule is C=CCCCCCCCCC(C)(C)C. The van der Waals surface area contributed by atoms with Crippen molar-refractivity contribution < 1.29 is 0 Å². The second-order valence-electron chi connectivity index (χ2n) is 5.51. The predicted octanol–water partition coefficient (Wildman–Crippen LogP) is 5.34. The summed E-state index contributed by atoms with van der Waals surface area (Å²) in [4.78, 5) is 0. The van der Waals surface area contributed by atoms with E-state index in [4.69, 9.17) is 0 Å². The minimum absolute atomic E-state index is 0.531. The highest BCUT2D eigenvalue weighted by Gasteiger charge is 2.08. The fraction of sp³-hybridized carbons (Fsp3) is 0.857. The smallest absolute Gasteiger partial charge is 0.0353 e. The van der Waals surface area contributed by atoms with Crippen molar-refractivity contribution >= 4 is 0 Å². The van der Waals surface area contributed by atoms with Gasteiger partial charge >= 0.3 is 0 Å². The van der Waals surface area contributed by atoms with E-state index >= 15 is 0 Å². The summed E-state index contributed by atoms with van der Waals surface area (Å²) in [6.45, 7) is 10.7. The van der Waals surface area contributed by atoms with Crippen molar-refractivity contribution in [2.24, 2.45) is 5.41 Å². The van der Waals surface area contributed by atoms with Crippen LogP contribution in [-0.2, 0) is 0 Å². The highest BCUT2D eigenvalue weighted by molar-refractivity contribution is 4.65. The first kappa shape index (κ1) is 13.7. The minimum Gasteiger partial charge on any atom is -0.103 e.